The van der Waals surface area contributed by atoms with Crippen LogP contribution in [0.15, 0.2) is 18.3 Å². The average Bonchev–Trinajstić information content (AvgIpc) is 2.40. The molecule has 0 bridgehead atoms. The molecule has 2 rings (SSSR count). The van der Waals surface area contributed by atoms with Crippen molar-refractivity contribution in [3.63, 3.8) is 0 Å². The van der Waals surface area contributed by atoms with Gasteiger partial charge in [-0.15, -0.1) is 0 Å². The van der Waals surface area contributed by atoms with Crippen LogP contribution in [-0.2, 0) is 12.8 Å². The van der Waals surface area contributed by atoms with Crippen LogP contribution in [0.25, 0.3) is 0 Å². The van der Waals surface area contributed by atoms with Gasteiger partial charge in [0, 0.05) is 23.9 Å². The third kappa shape index (κ3) is 2.92. The van der Waals surface area contributed by atoms with Crippen LogP contribution in [0.1, 0.15) is 57.2 Å². The summed E-state index contributed by atoms with van der Waals surface area (Å²) >= 11 is 0. The Kier molecular flexibility index (Phi) is 4.39. The Hall–Kier alpha value is -0.890. The first kappa shape index (κ1) is 13.5. The monoisotopic (exact) mass is 246 g/mol. The maximum Gasteiger partial charge on any atom is 0.0422 e. The summed E-state index contributed by atoms with van der Waals surface area (Å²) in [6, 6.07) is 4.35. The van der Waals surface area contributed by atoms with Gasteiger partial charge in [-0.05, 0) is 36.8 Å². The molecule has 0 amide bonds. The van der Waals surface area contributed by atoms with Gasteiger partial charge < -0.3 is 5.73 Å². The number of aromatic nitrogens is 1. The molecular weight excluding hydrogens is 220 g/mol. The summed E-state index contributed by atoms with van der Waals surface area (Å²) in [7, 11) is 0. The van der Waals surface area contributed by atoms with E-state index in [1.54, 1.807) is 0 Å². The molecule has 1 aromatic heterocycles. The Morgan fingerprint density at radius 3 is 2.78 bits per heavy atom. The first-order valence-electron chi connectivity index (χ1n) is 7.40. The van der Waals surface area contributed by atoms with Crippen molar-refractivity contribution in [3.8, 4) is 0 Å². The molecule has 0 saturated heterocycles. The summed E-state index contributed by atoms with van der Waals surface area (Å²) in [6.07, 6.45) is 10.3. The first-order valence-corrected chi connectivity index (χ1v) is 7.40. The highest BCUT2D eigenvalue weighted by Gasteiger charge is 2.36. The molecule has 1 aromatic rings. The van der Waals surface area contributed by atoms with Crippen molar-refractivity contribution >= 4 is 0 Å². The Morgan fingerprint density at radius 1 is 1.33 bits per heavy atom. The Labute approximate surface area is 111 Å². The predicted molar refractivity (Wildman–Crippen MR) is 76.5 cm³/mol. The molecule has 100 valence electrons. The van der Waals surface area contributed by atoms with Crippen molar-refractivity contribution < 1.29 is 0 Å². The number of aryl methyl sites for hydroxylation is 1. The SMILES string of the molecule is CCc1ccc(CC2(N)CCCCC2CC)nc1. The van der Waals surface area contributed by atoms with E-state index in [0.717, 1.165) is 25.0 Å². The minimum absolute atomic E-state index is 0.0201. The Balaban J connectivity index is 2.09. The third-order valence-corrected chi connectivity index (χ3v) is 4.56. The van der Waals surface area contributed by atoms with Crippen LogP contribution < -0.4 is 5.73 Å². The maximum atomic E-state index is 6.68. The minimum Gasteiger partial charge on any atom is -0.324 e. The highest BCUT2D eigenvalue weighted by atomic mass is 14.8. The van der Waals surface area contributed by atoms with Gasteiger partial charge in [0.05, 0.1) is 0 Å². The van der Waals surface area contributed by atoms with Crippen LogP contribution in [0, 0.1) is 5.92 Å². The fourth-order valence-electron chi connectivity index (χ4n) is 3.29. The molecule has 2 heteroatoms. The lowest BCUT2D eigenvalue weighted by Gasteiger charge is -2.41. The van der Waals surface area contributed by atoms with Crippen LogP contribution in [-0.4, -0.2) is 10.5 Å². The molecule has 2 unspecified atom stereocenters. The zero-order valence-corrected chi connectivity index (χ0v) is 11.8. The summed E-state index contributed by atoms with van der Waals surface area (Å²) in [4.78, 5) is 4.58. The van der Waals surface area contributed by atoms with E-state index in [4.69, 9.17) is 5.73 Å². The quantitative estimate of drug-likeness (QED) is 0.883. The Morgan fingerprint density at radius 2 is 2.17 bits per heavy atom. The zero-order valence-electron chi connectivity index (χ0n) is 11.8. The topological polar surface area (TPSA) is 38.9 Å². The summed E-state index contributed by atoms with van der Waals surface area (Å²) in [5.41, 5.74) is 9.12. The lowest BCUT2D eigenvalue weighted by molar-refractivity contribution is 0.181. The summed E-state index contributed by atoms with van der Waals surface area (Å²) in [6.45, 7) is 4.43. The molecule has 0 aromatic carbocycles. The van der Waals surface area contributed by atoms with E-state index in [9.17, 15) is 0 Å². The highest BCUT2D eigenvalue weighted by molar-refractivity contribution is 5.16. The van der Waals surface area contributed by atoms with Crippen molar-refractivity contribution in [2.75, 3.05) is 0 Å². The standard InChI is InChI=1S/C16H26N2/c1-3-13-8-9-15(18-12-13)11-16(17)10-6-5-7-14(16)4-2/h8-9,12,14H,3-7,10-11,17H2,1-2H3. The number of rotatable bonds is 4. The molecule has 0 aliphatic heterocycles. The zero-order chi connectivity index (χ0) is 13.0. The molecule has 1 fully saturated rings. The third-order valence-electron chi connectivity index (χ3n) is 4.56. The first-order chi connectivity index (χ1) is 8.68. The Bertz CT molecular complexity index is 371. The van der Waals surface area contributed by atoms with Gasteiger partial charge in [0.1, 0.15) is 0 Å². The van der Waals surface area contributed by atoms with Gasteiger partial charge in [0.25, 0.3) is 0 Å². The summed E-state index contributed by atoms with van der Waals surface area (Å²) in [5.74, 6) is 0.666. The van der Waals surface area contributed by atoms with Crippen LogP contribution >= 0.6 is 0 Å². The molecule has 2 nitrogen and oxygen atoms in total. The van der Waals surface area contributed by atoms with Gasteiger partial charge in [-0.25, -0.2) is 0 Å². The van der Waals surface area contributed by atoms with Crippen LogP contribution in [0.3, 0.4) is 0 Å². The van der Waals surface area contributed by atoms with E-state index in [0.29, 0.717) is 5.92 Å². The molecule has 1 aliphatic carbocycles. The second-order valence-electron chi connectivity index (χ2n) is 5.77. The molecular formula is C16H26N2. The molecule has 0 radical (unpaired) electrons. The number of nitrogens with two attached hydrogens (primary N) is 1. The highest BCUT2D eigenvalue weighted by Crippen LogP contribution is 2.36. The smallest absolute Gasteiger partial charge is 0.0422 e. The van der Waals surface area contributed by atoms with Crippen molar-refractivity contribution in [2.24, 2.45) is 11.7 Å². The van der Waals surface area contributed by atoms with Crippen molar-refractivity contribution in [1.29, 1.82) is 0 Å². The average molecular weight is 246 g/mol. The predicted octanol–water partition coefficient (Wildman–Crippen LogP) is 3.48. The van der Waals surface area contributed by atoms with E-state index >= 15 is 0 Å². The number of hydrogen-bond donors (Lipinski definition) is 1. The van der Waals surface area contributed by atoms with Gasteiger partial charge in [-0.1, -0.05) is 39.2 Å². The van der Waals surface area contributed by atoms with Gasteiger partial charge in [-0.2, -0.15) is 0 Å². The molecule has 2 N–H and O–H groups in total. The van der Waals surface area contributed by atoms with Crippen LogP contribution in [0.4, 0.5) is 0 Å². The molecule has 1 aliphatic rings. The number of pyridine rings is 1. The molecule has 1 heterocycles. The van der Waals surface area contributed by atoms with E-state index in [-0.39, 0.29) is 5.54 Å². The minimum atomic E-state index is -0.0201. The lowest BCUT2D eigenvalue weighted by Crippen LogP contribution is -2.51. The van der Waals surface area contributed by atoms with Crippen LogP contribution in [0.5, 0.6) is 0 Å². The molecule has 0 spiro atoms. The van der Waals surface area contributed by atoms with E-state index in [1.807, 2.05) is 6.20 Å². The molecule has 18 heavy (non-hydrogen) atoms. The number of nitrogens with zero attached hydrogens (tertiary/aromatic N) is 1. The van der Waals surface area contributed by atoms with Gasteiger partial charge >= 0.3 is 0 Å². The summed E-state index contributed by atoms with van der Waals surface area (Å²) in [5, 5.41) is 0. The fourth-order valence-corrected chi connectivity index (χ4v) is 3.29. The van der Waals surface area contributed by atoms with Crippen LogP contribution in [0.2, 0.25) is 0 Å². The molecule has 2 atom stereocenters. The second-order valence-corrected chi connectivity index (χ2v) is 5.77. The fraction of sp³-hybridized carbons (Fsp3) is 0.688. The molecule has 1 saturated carbocycles. The number of hydrogen-bond acceptors (Lipinski definition) is 2. The maximum absolute atomic E-state index is 6.68. The van der Waals surface area contributed by atoms with Gasteiger partial charge in [-0.3, -0.25) is 4.98 Å². The van der Waals surface area contributed by atoms with Crippen molar-refractivity contribution in [2.45, 2.75) is 64.3 Å². The lowest BCUT2D eigenvalue weighted by atomic mass is 9.70. The van der Waals surface area contributed by atoms with E-state index in [1.165, 1.54) is 31.2 Å². The largest absolute Gasteiger partial charge is 0.324 e. The second kappa shape index (κ2) is 5.83. The normalized spacial score (nSPS) is 28.3. The van der Waals surface area contributed by atoms with Crippen molar-refractivity contribution in [3.05, 3.63) is 29.6 Å². The van der Waals surface area contributed by atoms with E-state index in [2.05, 4.69) is 31.0 Å². The van der Waals surface area contributed by atoms with Gasteiger partial charge in [0.2, 0.25) is 0 Å². The van der Waals surface area contributed by atoms with Crippen molar-refractivity contribution in [1.82, 2.24) is 4.98 Å². The van der Waals surface area contributed by atoms with Gasteiger partial charge in [0.15, 0.2) is 0 Å². The summed E-state index contributed by atoms with van der Waals surface area (Å²) < 4.78 is 0. The van der Waals surface area contributed by atoms with E-state index < -0.39 is 0 Å².